The van der Waals surface area contributed by atoms with Gasteiger partial charge in [-0.05, 0) is 49.0 Å². The number of fused-ring (bicyclic) bond motifs is 1. The molecule has 1 aromatic carbocycles. The molecule has 2 aromatic rings. The van der Waals surface area contributed by atoms with E-state index < -0.39 is 0 Å². The van der Waals surface area contributed by atoms with Crippen LogP contribution < -0.4 is 9.92 Å². The van der Waals surface area contributed by atoms with Crippen LogP contribution in [0.4, 0.5) is 0 Å². The summed E-state index contributed by atoms with van der Waals surface area (Å²) in [5, 5.41) is 3.41. The van der Waals surface area contributed by atoms with Crippen molar-refractivity contribution in [3.63, 3.8) is 0 Å². The Labute approximate surface area is 148 Å². The minimum atomic E-state index is -0.0299. The van der Waals surface area contributed by atoms with Crippen LogP contribution in [0.2, 0.25) is 0 Å². The fourth-order valence-corrected chi connectivity index (χ4v) is 12.4. The van der Waals surface area contributed by atoms with Gasteiger partial charge in [-0.2, -0.15) is 0 Å². The predicted molar refractivity (Wildman–Crippen MR) is 113 cm³/mol. The average molecular weight is 364 g/mol. The van der Waals surface area contributed by atoms with E-state index in [0.717, 1.165) is 17.0 Å². The van der Waals surface area contributed by atoms with E-state index in [1.807, 2.05) is 5.30 Å². The molecule has 0 spiro atoms. The number of hydrogen-bond donors (Lipinski definition) is 0. The molecule has 126 valence electrons. The molecule has 1 fully saturated rings. The van der Waals surface area contributed by atoms with Crippen LogP contribution in [0.3, 0.4) is 0 Å². The van der Waals surface area contributed by atoms with E-state index in [2.05, 4.69) is 70.0 Å². The van der Waals surface area contributed by atoms with Crippen molar-refractivity contribution in [1.29, 1.82) is 0 Å². The lowest BCUT2D eigenvalue weighted by atomic mass is 10.2. The molecule has 3 heteroatoms. The van der Waals surface area contributed by atoms with Gasteiger partial charge in [0.2, 0.25) is 0 Å². The first kappa shape index (κ1) is 17.8. The summed E-state index contributed by atoms with van der Waals surface area (Å²) in [5.41, 5.74) is 2.66. The lowest BCUT2D eigenvalue weighted by Gasteiger charge is -2.27. The Morgan fingerprint density at radius 2 is 1.87 bits per heavy atom. The van der Waals surface area contributed by atoms with Crippen LogP contribution in [-0.2, 0) is 0 Å². The zero-order valence-electron chi connectivity index (χ0n) is 15.2. The molecule has 0 N–H and O–H groups in total. The highest BCUT2D eigenvalue weighted by molar-refractivity contribution is 7.78. The van der Waals surface area contributed by atoms with Crippen LogP contribution in [0.15, 0.2) is 24.3 Å². The third-order valence-corrected chi connectivity index (χ3v) is 13.7. The van der Waals surface area contributed by atoms with Crippen molar-refractivity contribution in [2.24, 2.45) is 0 Å². The minimum Gasteiger partial charge on any atom is -0.135 e. The molecular formula is C20H30P2S. The summed E-state index contributed by atoms with van der Waals surface area (Å²) in [4.78, 5) is 0. The zero-order valence-corrected chi connectivity index (χ0v) is 17.8. The van der Waals surface area contributed by atoms with Crippen molar-refractivity contribution in [1.82, 2.24) is 0 Å². The van der Waals surface area contributed by atoms with Crippen LogP contribution in [0.1, 0.15) is 53.4 Å². The molecule has 4 atom stereocenters. The summed E-state index contributed by atoms with van der Waals surface area (Å²) in [6, 6.07) is 9.21. The average Bonchev–Trinajstić information content (AvgIpc) is 3.07. The molecule has 1 unspecified atom stereocenters. The van der Waals surface area contributed by atoms with Gasteiger partial charge in [0.1, 0.15) is 0 Å². The quantitative estimate of drug-likeness (QED) is 0.531. The predicted octanol–water partition coefficient (Wildman–Crippen LogP) is 6.50. The lowest BCUT2D eigenvalue weighted by Crippen LogP contribution is -2.24. The summed E-state index contributed by atoms with van der Waals surface area (Å²) in [6.07, 6.45) is 5.56. The van der Waals surface area contributed by atoms with Gasteiger partial charge in [-0.1, -0.05) is 68.2 Å². The molecule has 0 nitrogen and oxygen atoms in total. The first-order valence-corrected chi connectivity index (χ1v) is 13.2. The van der Waals surface area contributed by atoms with Gasteiger partial charge in [-0.15, -0.1) is 11.3 Å². The Bertz CT molecular complexity index is 653. The molecule has 0 aliphatic carbocycles. The summed E-state index contributed by atoms with van der Waals surface area (Å²) in [6.45, 7) is 12.4. The Morgan fingerprint density at radius 1 is 1.22 bits per heavy atom. The van der Waals surface area contributed by atoms with Gasteiger partial charge in [0.05, 0.1) is 0 Å². The Morgan fingerprint density at radius 3 is 2.52 bits per heavy atom. The van der Waals surface area contributed by atoms with Gasteiger partial charge in [0.25, 0.3) is 0 Å². The summed E-state index contributed by atoms with van der Waals surface area (Å²) in [7, 11) is -0.0159. The standard InChI is InChI=1S/C20H30P2S/c1-6-9-14(2)21(5)20-19(22-15(3)12-13-16(22)4)17-10-7-8-11-18(17)23-20/h7-8,10-11,14-16H,6,9,12-13H2,1-5H3/t14-,15-,16-,21?/m1/s1. The highest BCUT2D eigenvalue weighted by Crippen LogP contribution is 2.57. The fraction of sp³-hybridized carbons (Fsp3) is 0.600. The second kappa shape index (κ2) is 7.51. The third-order valence-electron chi connectivity index (χ3n) is 5.45. The van der Waals surface area contributed by atoms with Gasteiger partial charge in [0, 0.05) is 20.0 Å². The van der Waals surface area contributed by atoms with E-state index in [1.165, 1.54) is 30.4 Å². The van der Waals surface area contributed by atoms with Crippen molar-refractivity contribution < 1.29 is 0 Å². The monoisotopic (exact) mass is 364 g/mol. The summed E-state index contributed by atoms with van der Waals surface area (Å²) >= 11 is 2.12. The Hall–Kier alpha value is 0.0400. The molecule has 1 aliphatic heterocycles. The van der Waals surface area contributed by atoms with Crippen LogP contribution in [0.25, 0.3) is 10.1 Å². The van der Waals surface area contributed by atoms with Crippen LogP contribution in [-0.4, -0.2) is 23.6 Å². The number of rotatable bonds is 5. The highest BCUT2D eigenvalue weighted by Gasteiger charge is 2.36. The first-order valence-electron chi connectivity index (χ1n) is 9.07. The summed E-state index contributed by atoms with van der Waals surface area (Å²) in [5.74, 6) is 0. The molecule has 0 radical (unpaired) electrons. The molecular weight excluding hydrogens is 334 g/mol. The largest absolute Gasteiger partial charge is 0.135 e. The van der Waals surface area contributed by atoms with E-state index in [9.17, 15) is 0 Å². The van der Waals surface area contributed by atoms with Crippen LogP contribution >= 0.6 is 27.2 Å². The molecule has 0 amide bonds. The minimum absolute atomic E-state index is 0.0139. The number of thiophene rings is 1. The third kappa shape index (κ3) is 3.40. The normalized spacial score (nSPS) is 25.1. The Balaban J connectivity index is 2.12. The maximum Gasteiger partial charge on any atom is 0.0367 e. The van der Waals surface area contributed by atoms with Crippen molar-refractivity contribution in [3.8, 4) is 0 Å². The molecule has 0 bridgehead atoms. The molecule has 1 aliphatic rings. The molecule has 2 heterocycles. The summed E-state index contributed by atoms with van der Waals surface area (Å²) < 4.78 is 3.32. The molecule has 1 aromatic heterocycles. The van der Waals surface area contributed by atoms with E-state index in [0.29, 0.717) is 0 Å². The van der Waals surface area contributed by atoms with E-state index in [1.54, 1.807) is 10.0 Å². The van der Waals surface area contributed by atoms with Gasteiger partial charge >= 0.3 is 0 Å². The molecule has 23 heavy (non-hydrogen) atoms. The van der Waals surface area contributed by atoms with Gasteiger partial charge in [-0.3, -0.25) is 0 Å². The second-order valence-corrected chi connectivity index (χ2v) is 14.1. The first-order chi connectivity index (χ1) is 11.0. The maximum atomic E-state index is 2.55. The maximum absolute atomic E-state index is 2.55. The molecule has 1 saturated heterocycles. The van der Waals surface area contributed by atoms with Crippen molar-refractivity contribution in [3.05, 3.63) is 24.3 Å². The van der Waals surface area contributed by atoms with Crippen LogP contribution in [0, 0.1) is 0 Å². The molecule has 0 saturated carbocycles. The fourth-order valence-electron chi connectivity index (χ4n) is 3.95. The highest BCUT2D eigenvalue weighted by atomic mass is 32.1. The van der Waals surface area contributed by atoms with Crippen molar-refractivity contribution in [2.45, 2.75) is 70.4 Å². The van der Waals surface area contributed by atoms with Gasteiger partial charge in [-0.25, -0.2) is 0 Å². The SMILES string of the molecule is CCC[C@@H](C)P(C)c1sc2ccccc2c1P1[C@H](C)CC[C@H]1C. The van der Waals surface area contributed by atoms with E-state index in [-0.39, 0.29) is 15.8 Å². The van der Waals surface area contributed by atoms with E-state index >= 15 is 0 Å². The zero-order chi connectivity index (χ0) is 16.6. The van der Waals surface area contributed by atoms with Gasteiger partial charge < -0.3 is 0 Å². The van der Waals surface area contributed by atoms with Crippen molar-refractivity contribution >= 4 is 47.2 Å². The number of hydrogen-bond acceptors (Lipinski definition) is 1. The van der Waals surface area contributed by atoms with Crippen molar-refractivity contribution in [2.75, 3.05) is 6.66 Å². The topological polar surface area (TPSA) is 0 Å². The second-order valence-electron chi connectivity index (χ2n) is 7.18. The Kier molecular flexibility index (Phi) is 5.83. The van der Waals surface area contributed by atoms with E-state index in [4.69, 9.17) is 0 Å². The number of benzene rings is 1. The van der Waals surface area contributed by atoms with Crippen LogP contribution in [0.5, 0.6) is 0 Å². The smallest absolute Gasteiger partial charge is 0.0367 e. The lowest BCUT2D eigenvalue weighted by molar-refractivity contribution is 0.777. The molecule has 3 rings (SSSR count). The van der Waals surface area contributed by atoms with Gasteiger partial charge in [0.15, 0.2) is 0 Å².